The highest BCUT2D eigenvalue weighted by atomic mass is 31.2. The van der Waals surface area contributed by atoms with Crippen LogP contribution in [0.5, 0.6) is 0 Å². The van der Waals surface area contributed by atoms with Gasteiger partial charge in [-0.3, -0.25) is 37.3 Å². The third kappa shape index (κ3) is 69.8. The molecule has 0 saturated carbocycles. The summed E-state index contributed by atoms with van der Waals surface area (Å²) in [5.41, 5.74) is 0. The van der Waals surface area contributed by atoms with Crippen molar-refractivity contribution in [2.24, 2.45) is 23.7 Å². The molecule has 0 radical (unpaired) electrons. The third-order valence-electron chi connectivity index (χ3n) is 19.0. The molecule has 98 heavy (non-hydrogen) atoms. The van der Waals surface area contributed by atoms with Gasteiger partial charge in [-0.2, -0.15) is 0 Å². The van der Waals surface area contributed by atoms with Crippen LogP contribution in [0.4, 0.5) is 0 Å². The second-order valence-electron chi connectivity index (χ2n) is 29.9. The fourth-order valence-electron chi connectivity index (χ4n) is 12.0. The van der Waals surface area contributed by atoms with Crippen LogP contribution in [0.15, 0.2) is 0 Å². The number of unbranched alkanes of at least 4 members (excludes halogenated alkanes) is 40. The lowest BCUT2D eigenvalue weighted by Crippen LogP contribution is -2.30. The van der Waals surface area contributed by atoms with E-state index < -0.39 is 97.5 Å². The molecule has 0 aromatic rings. The van der Waals surface area contributed by atoms with Gasteiger partial charge in [-0.1, -0.05) is 351 Å². The minimum Gasteiger partial charge on any atom is -0.462 e. The summed E-state index contributed by atoms with van der Waals surface area (Å²) in [5.74, 6) is 1.01. The van der Waals surface area contributed by atoms with E-state index in [2.05, 4.69) is 55.4 Å². The molecule has 0 fully saturated rings. The Morgan fingerprint density at radius 3 is 0.724 bits per heavy atom. The zero-order valence-corrected chi connectivity index (χ0v) is 66.2. The molecule has 0 saturated heterocycles. The topological polar surface area (TPSA) is 237 Å². The van der Waals surface area contributed by atoms with Gasteiger partial charge in [-0.05, 0) is 49.4 Å². The normalized spacial score (nSPS) is 14.6. The van der Waals surface area contributed by atoms with Crippen molar-refractivity contribution >= 4 is 39.5 Å². The number of esters is 4. The number of aliphatic hydroxyl groups is 1. The van der Waals surface area contributed by atoms with E-state index in [9.17, 15) is 43.2 Å². The maximum absolute atomic E-state index is 13.1. The molecule has 582 valence electrons. The lowest BCUT2D eigenvalue weighted by Gasteiger charge is -2.21. The fraction of sp³-hybridized carbons (Fsp3) is 0.949. The van der Waals surface area contributed by atoms with E-state index >= 15 is 0 Å². The van der Waals surface area contributed by atoms with E-state index in [4.69, 9.17) is 37.0 Å². The summed E-state index contributed by atoms with van der Waals surface area (Å²) in [6, 6.07) is 0. The third-order valence-corrected chi connectivity index (χ3v) is 20.9. The summed E-state index contributed by atoms with van der Waals surface area (Å²) in [4.78, 5) is 72.9. The molecule has 0 aromatic carbocycles. The number of aliphatic hydroxyl groups excluding tert-OH is 1. The number of hydrogen-bond acceptors (Lipinski definition) is 15. The summed E-state index contributed by atoms with van der Waals surface area (Å²) in [5, 5.41) is 10.6. The van der Waals surface area contributed by atoms with Gasteiger partial charge in [0, 0.05) is 25.7 Å². The number of carbonyl (C=O) groups excluding carboxylic acids is 4. The highest BCUT2D eigenvalue weighted by Gasteiger charge is 2.30. The monoisotopic (exact) mass is 1440 g/mol. The van der Waals surface area contributed by atoms with Crippen LogP contribution in [0, 0.1) is 23.7 Å². The van der Waals surface area contributed by atoms with E-state index in [0.717, 1.165) is 114 Å². The van der Waals surface area contributed by atoms with Crippen LogP contribution in [0.3, 0.4) is 0 Å². The van der Waals surface area contributed by atoms with E-state index in [1.165, 1.54) is 205 Å². The van der Waals surface area contributed by atoms with Crippen LogP contribution in [-0.2, 0) is 65.4 Å². The van der Waals surface area contributed by atoms with Crippen molar-refractivity contribution < 1.29 is 80.2 Å². The van der Waals surface area contributed by atoms with Crippen LogP contribution in [0.25, 0.3) is 0 Å². The molecule has 0 aliphatic carbocycles. The summed E-state index contributed by atoms with van der Waals surface area (Å²) in [6.45, 7) is 14.2. The van der Waals surface area contributed by atoms with Crippen molar-refractivity contribution in [3.05, 3.63) is 0 Å². The Kier molecular flexibility index (Phi) is 66.8. The molecule has 17 nitrogen and oxygen atoms in total. The molecule has 0 aliphatic heterocycles. The molecule has 0 spiro atoms. The van der Waals surface area contributed by atoms with Crippen molar-refractivity contribution in [1.29, 1.82) is 0 Å². The molecule has 0 heterocycles. The highest BCUT2D eigenvalue weighted by molar-refractivity contribution is 7.47. The number of phosphoric acid groups is 2. The van der Waals surface area contributed by atoms with Crippen molar-refractivity contribution in [1.82, 2.24) is 0 Å². The Balaban J connectivity index is 5.21. The Morgan fingerprint density at radius 2 is 0.490 bits per heavy atom. The van der Waals surface area contributed by atoms with Crippen LogP contribution >= 0.6 is 15.6 Å². The number of rotatable bonds is 76. The molecule has 0 amide bonds. The highest BCUT2D eigenvalue weighted by Crippen LogP contribution is 2.45. The van der Waals surface area contributed by atoms with E-state index in [-0.39, 0.29) is 25.7 Å². The predicted molar refractivity (Wildman–Crippen MR) is 400 cm³/mol. The number of phosphoric ester groups is 2. The second-order valence-corrected chi connectivity index (χ2v) is 32.8. The first-order valence-electron chi connectivity index (χ1n) is 40.8. The molecule has 0 aliphatic rings. The van der Waals surface area contributed by atoms with Gasteiger partial charge in [0.2, 0.25) is 0 Å². The molecule has 5 unspecified atom stereocenters. The molecule has 0 bridgehead atoms. The first-order chi connectivity index (χ1) is 47.2. The first kappa shape index (κ1) is 96.1. The molecule has 7 atom stereocenters. The molecular formula is C79H154O17P2. The largest absolute Gasteiger partial charge is 0.472 e. The summed E-state index contributed by atoms with van der Waals surface area (Å²) in [7, 11) is -9.92. The summed E-state index contributed by atoms with van der Waals surface area (Å²) < 4.78 is 68.6. The van der Waals surface area contributed by atoms with Gasteiger partial charge < -0.3 is 33.8 Å². The molecule has 3 N–H and O–H groups in total. The number of hydrogen-bond donors (Lipinski definition) is 3. The van der Waals surface area contributed by atoms with Gasteiger partial charge in [0.25, 0.3) is 0 Å². The molecular weight excluding hydrogens is 1280 g/mol. The molecule has 0 rings (SSSR count). The second kappa shape index (κ2) is 68.2. The molecule has 0 aromatic heterocycles. The fourth-order valence-corrected chi connectivity index (χ4v) is 13.6. The number of ether oxygens (including phenoxy) is 4. The Bertz CT molecular complexity index is 1920. The van der Waals surface area contributed by atoms with E-state index in [0.29, 0.717) is 25.7 Å². The maximum atomic E-state index is 13.1. The Morgan fingerprint density at radius 1 is 0.286 bits per heavy atom. The lowest BCUT2D eigenvalue weighted by molar-refractivity contribution is -0.161. The van der Waals surface area contributed by atoms with Crippen molar-refractivity contribution in [2.75, 3.05) is 39.6 Å². The van der Waals surface area contributed by atoms with Crippen LogP contribution < -0.4 is 0 Å². The quantitative estimate of drug-likeness (QED) is 0.0222. The first-order valence-corrected chi connectivity index (χ1v) is 43.8. The summed E-state index contributed by atoms with van der Waals surface area (Å²) >= 11 is 0. The van der Waals surface area contributed by atoms with Gasteiger partial charge >= 0.3 is 39.5 Å². The smallest absolute Gasteiger partial charge is 0.462 e. The minimum atomic E-state index is -4.96. The average molecular weight is 1440 g/mol. The van der Waals surface area contributed by atoms with Crippen molar-refractivity contribution in [2.45, 2.75) is 420 Å². The van der Waals surface area contributed by atoms with Crippen molar-refractivity contribution in [3.8, 4) is 0 Å². The van der Waals surface area contributed by atoms with Crippen LogP contribution in [-0.4, -0.2) is 96.7 Å². The summed E-state index contributed by atoms with van der Waals surface area (Å²) in [6.07, 6.45) is 54.1. The van der Waals surface area contributed by atoms with Gasteiger partial charge in [0.15, 0.2) is 12.2 Å². The maximum Gasteiger partial charge on any atom is 0.472 e. The van der Waals surface area contributed by atoms with Gasteiger partial charge in [0.1, 0.15) is 19.3 Å². The van der Waals surface area contributed by atoms with Crippen LogP contribution in [0.1, 0.15) is 402 Å². The van der Waals surface area contributed by atoms with Gasteiger partial charge in [-0.15, -0.1) is 0 Å². The zero-order valence-electron chi connectivity index (χ0n) is 64.4. The lowest BCUT2D eigenvalue weighted by atomic mass is 9.99. The van der Waals surface area contributed by atoms with Gasteiger partial charge in [0.05, 0.1) is 26.4 Å². The van der Waals surface area contributed by atoms with E-state index in [1.54, 1.807) is 0 Å². The van der Waals surface area contributed by atoms with Crippen molar-refractivity contribution in [3.63, 3.8) is 0 Å². The Hall–Kier alpha value is -1.94. The molecule has 19 heteroatoms. The SMILES string of the molecule is CCC(C)CCCCCCCCCCCCCCCCCCCCC(=O)O[C@H](COC(=O)CCCCCCCCCCC(C)CC)COP(=O)(O)OCC(O)COP(=O)(O)OC[C@@H](COC(=O)CCCCCCCCCCC(C)C)OC(=O)CCCCCCCCCCCCC(C)C. The standard InChI is InChI=1S/C79H154O17P2/c1-9-71(7)57-49-41-33-24-19-17-15-13-11-12-14-16-18-20-25-37-45-53-61-78(83)95-75(66-90-77(82)60-52-44-36-30-28-34-42-50-58-72(8)10-2)68-94-98(87,88)92-64-73(80)63-91-97(85,86)93-67-74(65-89-76(81)59-51-43-35-29-27-32-40-48-56-70(5)6)96-79(84)62-54-46-38-26-22-21-23-31-39-47-55-69(3)4/h69-75,80H,9-68H2,1-8H3,(H,85,86)(H,87,88)/t71?,72?,73?,74-,75-/m1/s1. The predicted octanol–water partition coefficient (Wildman–Crippen LogP) is 23.2. The zero-order chi connectivity index (χ0) is 72.4. The van der Waals surface area contributed by atoms with Crippen LogP contribution in [0.2, 0.25) is 0 Å². The minimum absolute atomic E-state index is 0.105. The van der Waals surface area contributed by atoms with Gasteiger partial charge in [-0.25, -0.2) is 9.13 Å². The number of carbonyl (C=O) groups is 4. The van der Waals surface area contributed by atoms with E-state index in [1.807, 2.05) is 0 Å². The Labute approximate surface area is 600 Å². The average Bonchev–Trinajstić information content (AvgIpc) is 0.977.